The Bertz CT molecular complexity index is 911. The van der Waals surface area contributed by atoms with Gasteiger partial charge in [-0.15, -0.1) is 0 Å². The zero-order valence-electron chi connectivity index (χ0n) is 15.0. The number of amides is 1. The van der Waals surface area contributed by atoms with Gasteiger partial charge in [-0.05, 0) is 30.2 Å². The van der Waals surface area contributed by atoms with Gasteiger partial charge in [-0.25, -0.2) is 0 Å². The number of anilines is 1. The molecule has 0 radical (unpaired) electrons. The predicted molar refractivity (Wildman–Crippen MR) is 99.7 cm³/mol. The molecule has 28 heavy (non-hydrogen) atoms. The number of nitrogens with zero attached hydrogens (tertiary/aromatic N) is 1. The second-order valence-electron chi connectivity index (χ2n) is 6.56. The maximum absolute atomic E-state index is 12.8. The second kappa shape index (κ2) is 7.73. The van der Waals surface area contributed by atoms with E-state index in [-0.39, 0.29) is 30.6 Å². The molecule has 0 aliphatic carbocycles. The molecular formula is C19H19N3O6. The van der Waals surface area contributed by atoms with E-state index in [0.717, 1.165) is 12.0 Å². The van der Waals surface area contributed by atoms with E-state index in [9.17, 15) is 14.9 Å². The molecule has 4 rings (SSSR count). The molecule has 2 aromatic carbocycles. The molecule has 0 saturated carbocycles. The molecule has 0 bridgehead atoms. The van der Waals surface area contributed by atoms with Crippen molar-refractivity contribution in [2.75, 3.05) is 25.3 Å². The third-order valence-electron chi connectivity index (χ3n) is 4.64. The molecule has 1 unspecified atom stereocenters. The molecule has 2 aromatic rings. The summed E-state index contributed by atoms with van der Waals surface area (Å²) >= 11 is 0. The van der Waals surface area contributed by atoms with Crippen LogP contribution in [0.3, 0.4) is 0 Å². The highest BCUT2D eigenvalue weighted by Crippen LogP contribution is 2.32. The van der Waals surface area contributed by atoms with Gasteiger partial charge in [0, 0.05) is 31.0 Å². The van der Waals surface area contributed by atoms with Gasteiger partial charge in [-0.2, -0.15) is 0 Å². The molecule has 146 valence electrons. The molecule has 0 aromatic heterocycles. The van der Waals surface area contributed by atoms with Crippen molar-refractivity contribution in [1.29, 1.82) is 0 Å². The standard InChI is InChI=1S/C19H19N3O6/c23-19(20-9-12-1-4-17-18(7-12)28-11-27-17)15-8-14(22(24)25)2-3-16(15)21-13-5-6-26-10-13/h1-4,7-8,13,21H,5-6,9-11H2,(H,20,23). The minimum Gasteiger partial charge on any atom is -0.454 e. The molecule has 0 spiro atoms. The molecular weight excluding hydrogens is 366 g/mol. The topological polar surface area (TPSA) is 112 Å². The first-order chi connectivity index (χ1) is 13.6. The average molecular weight is 385 g/mol. The zero-order chi connectivity index (χ0) is 19.5. The molecule has 1 amide bonds. The van der Waals surface area contributed by atoms with Crippen molar-refractivity contribution in [3.05, 3.63) is 57.6 Å². The lowest BCUT2D eigenvalue weighted by Crippen LogP contribution is -2.26. The highest BCUT2D eigenvalue weighted by Gasteiger charge is 2.21. The summed E-state index contributed by atoms with van der Waals surface area (Å²) in [5, 5.41) is 17.2. The van der Waals surface area contributed by atoms with Crippen molar-refractivity contribution < 1.29 is 23.9 Å². The Labute approximate surface area is 160 Å². The third kappa shape index (κ3) is 3.84. The van der Waals surface area contributed by atoms with E-state index in [1.807, 2.05) is 6.07 Å². The van der Waals surface area contributed by atoms with Crippen molar-refractivity contribution in [3.63, 3.8) is 0 Å². The number of carbonyl (C=O) groups is 1. The fourth-order valence-electron chi connectivity index (χ4n) is 3.16. The second-order valence-corrected chi connectivity index (χ2v) is 6.56. The molecule has 2 N–H and O–H groups in total. The number of nitrogens with one attached hydrogen (secondary N) is 2. The van der Waals surface area contributed by atoms with Gasteiger partial charge in [-0.3, -0.25) is 14.9 Å². The normalized spacial score (nSPS) is 17.4. The van der Waals surface area contributed by atoms with Gasteiger partial charge >= 0.3 is 0 Å². The van der Waals surface area contributed by atoms with Crippen molar-refractivity contribution in [1.82, 2.24) is 5.32 Å². The third-order valence-corrected chi connectivity index (χ3v) is 4.64. The minimum absolute atomic E-state index is 0.0712. The number of rotatable bonds is 6. The van der Waals surface area contributed by atoms with Gasteiger partial charge in [0.2, 0.25) is 6.79 Å². The Morgan fingerprint density at radius 2 is 2.04 bits per heavy atom. The minimum atomic E-state index is -0.517. The molecule has 1 fully saturated rings. The number of benzene rings is 2. The van der Waals surface area contributed by atoms with Crippen LogP contribution < -0.4 is 20.1 Å². The fraction of sp³-hybridized carbons (Fsp3) is 0.316. The van der Waals surface area contributed by atoms with Crippen LogP contribution in [0.25, 0.3) is 0 Å². The fourth-order valence-corrected chi connectivity index (χ4v) is 3.16. The SMILES string of the molecule is O=C(NCc1ccc2c(c1)OCO2)c1cc([N+](=O)[O-])ccc1NC1CCOC1. The largest absolute Gasteiger partial charge is 0.454 e. The van der Waals surface area contributed by atoms with Crippen LogP contribution in [-0.2, 0) is 11.3 Å². The van der Waals surface area contributed by atoms with Crippen LogP contribution >= 0.6 is 0 Å². The Morgan fingerprint density at radius 1 is 1.18 bits per heavy atom. The van der Waals surface area contributed by atoms with E-state index < -0.39 is 10.8 Å². The number of hydrogen-bond donors (Lipinski definition) is 2. The van der Waals surface area contributed by atoms with Crippen molar-refractivity contribution in [2.45, 2.75) is 19.0 Å². The molecule has 2 aliphatic rings. The first kappa shape index (κ1) is 18.1. The smallest absolute Gasteiger partial charge is 0.270 e. The van der Waals surface area contributed by atoms with E-state index in [4.69, 9.17) is 14.2 Å². The van der Waals surface area contributed by atoms with Crippen LogP contribution in [0, 0.1) is 10.1 Å². The van der Waals surface area contributed by atoms with Gasteiger partial charge in [0.05, 0.1) is 23.1 Å². The Hall–Kier alpha value is -3.33. The molecule has 1 saturated heterocycles. The van der Waals surface area contributed by atoms with Gasteiger partial charge in [0.25, 0.3) is 11.6 Å². The summed E-state index contributed by atoms with van der Waals surface area (Å²) in [4.78, 5) is 23.4. The maximum Gasteiger partial charge on any atom is 0.270 e. The van der Waals surface area contributed by atoms with Crippen LogP contribution in [0.1, 0.15) is 22.3 Å². The number of nitro benzene ring substituents is 1. The number of ether oxygens (including phenoxy) is 3. The summed E-state index contributed by atoms with van der Waals surface area (Å²) in [5.74, 6) is 0.896. The Balaban J connectivity index is 1.51. The van der Waals surface area contributed by atoms with Crippen LogP contribution in [0.5, 0.6) is 11.5 Å². The lowest BCUT2D eigenvalue weighted by molar-refractivity contribution is -0.384. The predicted octanol–water partition coefficient (Wildman–Crippen LogP) is 2.45. The number of non-ortho nitro benzene ring substituents is 1. The lowest BCUT2D eigenvalue weighted by atomic mass is 10.1. The summed E-state index contributed by atoms with van der Waals surface area (Å²) in [7, 11) is 0. The van der Waals surface area contributed by atoms with Crippen LogP contribution in [0.4, 0.5) is 11.4 Å². The summed E-state index contributed by atoms with van der Waals surface area (Å²) in [6.45, 7) is 1.62. The summed E-state index contributed by atoms with van der Waals surface area (Å²) in [6.07, 6.45) is 0.815. The van der Waals surface area contributed by atoms with Crippen LogP contribution in [0.2, 0.25) is 0 Å². The molecule has 1 atom stereocenters. The highest BCUT2D eigenvalue weighted by molar-refractivity contribution is 6.00. The lowest BCUT2D eigenvalue weighted by Gasteiger charge is -2.16. The Morgan fingerprint density at radius 3 is 2.82 bits per heavy atom. The quantitative estimate of drug-likeness (QED) is 0.580. The van der Waals surface area contributed by atoms with Crippen molar-refractivity contribution in [2.24, 2.45) is 0 Å². The van der Waals surface area contributed by atoms with E-state index in [2.05, 4.69) is 10.6 Å². The average Bonchev–Trinajstić information content (AvgIpc) is 3.37. The monoisotopic (exact) mass is 385 g/mol. The van der Waals surface area contributed by atoms with Crippen LogP contribution in [-0.4, -0.2) is 36.9 Å². The number of hydrogen-bond acceptors (Lipinski definition) is 7. The van der Waals surface area contributed by atoms with E-state index in [1.54, 1.807) is 18.2 Å². The molecule has 2 heterocycles. The van der Waals surface area contributed by atoms with E-state index in [1.165, 1.54) is 12.1 Å². The highest BCUT2D eigenvalue weighted by atomic mass is 16.7. The van der Waals surface area contributed by atoms with E-state index >= 15 is 0 Å². The number of carbonyl (C=O) groups excluding carboxylic acids is 1. The number of fused-ring (bicyclic) bond motifs is 1. The number of nitro groups is 1. The van der Waals surface area contributed by atoms with Crippen molar-refractivity contribution in [3.8, 4) is 11.5 Å². The van der Waals surface area contributed by atoms with Gasteiger partial charge in [0.15, 0.2) is 11.5 Å². The summed E-state index contributed by atoms with van der Waals surface area (Å²) < 4.78 is 15.9. The van der Waals surface area contributed by atoms with Crippen LogP contribution in [0.15, 0.2) is 36.4 Å². The molecule has 9 nitrogen and oxygen atoms in total. The zero-order valence-corrected chi connectivity index (χ0v) is 15.0. The summed E-state index contributed by atoms with van der Waals surface area (Å²) in [5.41, 5.74) is 1.47. The first-order valence-corrected chi connectivity index (χ1v) is 8.89. The van der Waals surface area contributed by atoms with Crippen molar-refractivity contribution >= 4 is 17.3 Å². The van der Waals surface area contributed by atoms with Gasteiger partial charge in [0.1, 0.15) is 0 Å². The molecule has 9 heteroatoms. The van der Waals surface area contributed by atoms with Gasteiger partial charge in [-0.1, -0.05) is 6.07 Å². The Kier molecular flexibility index (Phi) is 4.98. The first-order valence-electron chi connectivity index (χ1n) is 8.89. The van der Waals surface area contributed by atoms with Gasteiger partial charge < -0.3 is 24.8 Å². The van der Waals surface area contributed by atoms with E-state index in [0.29, 0.717) is 30.4 Å². The maximum atomic E-state index is 12.8. The molecule has 2 aliphatic heterocycles. The summed E-state index contributed by atoms with van der Waals surface area (Å²) in [6, 6.07) is 9.71.